The number of aryl methyl sites for hydroxylation is 1. The van der Waals surface area contributed by atoms with Gasteiger partial charge in [0, 0.05) is 12.0 Å². The fraction of sp³-hybridized carbons (Fsp3) is 0.375. The molecule has 0 aliphatic carbocycles. The molecule has 0 radical (unpaired) electrons. The normalized spacial score (nSPS) is 16.4. The Morgan fingerprint density at radius 2 is 2.07 bits per heavy atom. The van der Waals surface area contributed by atoms with Crippen LogP contribution in [0.15, 0.2) is 12.5 Å². The Morgan fingerprint density at radius 1 is 1.29 bits per heavy atom. The van der Waals surface area contributed by atoms with Crippen molar-refractivity contribution in [1.29, 1.82) is 0 Å². The van der Waals surface area contributed by atoms with Crippen molar-refractivity contribution in [3.8, 4) is 11.5 Å². The highest BCUT2D eigenvalue weighted by molar-refractivity contribution is 6.03. The molecule has 0 saturated heterocycles. The number of hydrogen-bond acceptors (Lipinski definition) is 7. The average Bonchev–Trinajstić information content (AvgIpc) is 3.18. The molecule has 9 nitrogen and oxygen atoms in total. The molecule has 0 fully saturated rings. The molecule has 146 valence electrons. The summed E-state index contributed by atoms with van der Waals surface area (Å²) < 4.78 is 38.8. The third-order valence-corrected chi connectivity index (χ3v) is 4.48. The molecule has 28 heavy (non-hydrogen) atoms. The van der Waals surface area contributed by atoms with Gasteiger partial charge in [-0.25, -0.2) is 24.5 Å². The molecular formula is C16H15F3N8O. The van der Waals surface area contributed by atoms with E-state index in [2.05, 4.69) is 30.4 Å². The highest BCUT2D eigenvalue weighted by Gasteiger charge is 2.32. The van der Waals surface area contributed by atoms with E-state index in [9.17, 15) is 18.0 Å². The Morgan fingerprint density at radius 3 is 2.82 bits per heavy atom. The molecule has 1 atom stereocenters. The predicted molar refractivity (Wildman–Crippen MR) is 92.3 cm³/mol. The van der Waals surface area contributed by atoms with Gasteiger partial charge in [-0.05, 0) is 19.8 Å². The SMILES string of the molecule is C[C@H]1C(=O)Nc2nc(-c3cn4ncnc4c(CCCC(F)(F)F)n3)nc(N)c21. The monoisotopic (exact) mass is 392 g/mol. The highest BCUT2D eigenvalue weighted by atomic mass is 19.4. The molecule has 0 spiro atoms. The molecule has 0 aromatic carbocycles. The van der Waals surface area contributed by atoms with Gasteiger partial charge in [0.25, 0.3) is 0 Å². The molecule has 4 rings (SSSR count). The van der Waals surface area contributed by atoms with Gasteiger partial charge in [-0.2, -0.15) is 18.3 Å². The summed E-state index contributed by atoms with van der Waals surface area (Å²) in [6.45, 7) is 1.69. The summed E-state index contributed by atoms with van der Waals surface area (Å²) >= 11 is 0. The second-order valence-electron chi connectivity index (χ2n) is 6.48. The van der Waals surface area contributed by atoms with Gasteiger partial charge >= 0.3 is 6.18 Å². The molecule has 1 amide bonds. The smallest absolute Gasteiger partial charge is 0.383 e. The zero-order valence-corrected chi connectivity index (χ0v) is 14.7. The van der Waals surface area contributed by atoms with E-state index in [0.29, 0.717) is 22.7 Å². The fourth-order valence-corrected chi connectivity index (χ4v) is 3.10. The van der Waals surface area contributed by atoms with Gasteiger partial charge in [-0.3, -0.25) is 4.79 Å². The Kier molecular flexibility index (Phi) is 4.12. The Hall–Kier alpha value is -3.31. The molecule has 12 heteroatoms. The highest BCUT2D eigenvalue weighted by Crippen LogP contribution is 2.35. The van der Waals surface area contributed by atoms with E-state index in [-0.39, 0.29) is 36.1 Å². The second-order valence-corrected chi connectivity index (χ2v) is 6.48. The van der Waals surface area contributed by atoms with E-state index in [0.717, 1.165) is 0 Å². The van der Waals surface area contributed by atoms with Crippen LogP contribution in [-0.4, -0.2) is 41.6 Å². The molecule has 0 saturated carbocycles. The minimum absolute atomic E-state index is 0.0593. The minimum Gasteiger partial charge on any atom is -0.383 e. The predicted octanol–water partition coefficient (Wildman–Crippen LogP) is 2.10. The number of nitrogens with two attached hydrogens (primary N) is 1. The van der Waals surface area contributed by atoms with Crippen molar-refractivity contribution in [3.05, 3.63) is 23.8 Å². The van der Waals surface area contributed by atoms with Crippen LogP contribution in [0.5, 0.6) is 0 Å². The van der Waals surface area contributed by atoms with E-state index >= 15 is 0 Å². The van der Waals surface area contributed by atoms with Crippen LogP contribution in [0, 0.1) is 0 Å². The van der Waals surface area contributed by atoms with E-state index < -0.39 is 18.5 Å². The molecular weight excluding hydrogens is 377 g/mol. The van der Waals surface area contributed by atoms with Crippen LogP contribution in [0.1, 0.15) is 36.9 Å². The van der Waals surface area contributed by atoms with Crippen LogP contribution in [0.2, 0.25) is 0 Å². The number of anilines is 2. The molecule has 3 aromatic rings. The molecule has 1 aliphatic heterocycles. The number of halogens is 3. The number of carbonyl (C=O) groups is 1. The zero-order valence-electron chi connectivity index (χ0n) is 14.7. The fourth-order valence-electron chi connectivity index (χ4n) is 3.10. The first-order valence-electron chi connectivity index (χ1n) is 8.47. The first-order valence-corrected chi connectivity index (χ1v) is 8.47. The van der Waals surface area contributed by atoms with Gasteiger partial charge in [0.2, 0.25) is 5.91 Å². The first-order chi connectivity index (χ1) is 13.2. The maximum atomic E-state index is 12.5. The standard InChI is InChI=1S/C16H15F3N8O/c1-7-10-11(20)24-12(25-13(10)26-15(7)28)9-5-27-14(21-6-22-27)8(23-9)3-2-4-16(17,18)19/h5-7H,2-4H2,1H3,(H3,20,24,25,26,28)/t7-/m1/s1. The van der Waals surface area contributed by atoms with E-state index in [4.69, 9.17) is 5.73 Å². The Bertz CT molecular complexity index is 1080. The molecule has 0 unspecified atom stereocenters. The van der Waals surface area contributed by atoms with Gasteiger partial charge in [0.05, 0.1) is 17.8 Å². The summed E-state index contributed by atoms with van der Waals surface area (Å²) in [5, 5.41) is 6.67. The number of nitrogen functional groups attached to an aromatic ring is 1. The van der Waals surface area contributed by atoms with Crippen LogP contribution in [-0.2, 0) is 11.2 Å². The summed E-state index contributed by atoms with van der Waals surface area (Å²) in [4.78, 5) is 28.8. The van der Waals surface area contributed by atoms with Crippen LogP contribution in [0.3, 0.4) is 0 Å². The van der Waals surface area contributed by atoms with Gasteiger partial charge < -0.3 is 11.1 Å². The quantitative estimate of drug-likeness (QED) is 0.697. The topological polar surface area (TPSA) is 124 Å². The van der Waals surface area contributed by atoms with Gasteiger partial charge in [-0.1, -0.05) is 0 Å². The lowest BCUT2D eigenvalue weighted by molar-refractivity contribution is -0.135. The van der Waals surface area contributed by atoms with Crippen molar-refractivity contribution in [3.63, 3.8) is 0 Å². The number of carbonyl (C=O) groups excluding carboxylic acids is 1. The number of hydrogen-bond donors (Lipinski definition) is 2. The maximum Gasteiger partial charge on any atom is 0.389 e. The summed E-state index contributed by atoms with van der Waals surface area (Å²) in [6, 6.07) is 0. The second kappa shape index (κ2) is 6.39. The van der Waals surface area contributed by atoms with Crippen molar-refractivity contribution in [1.82, 2.24) is 29.5 Å². The van der Waals surface area contributed by atoms with Gasteiger partial charge in [0.1, 0.15) is 23.7 Å². The number of aromatic nitrogens is 6. The minimum atomic E-state index is -4.24. The third kappa shape index (κ3) is 3.21. The summed E-state index contributed by atoms with van der Waals surface area (Å²) in [5.41, 5.74) is 7.48. The molecule has 1 aliphatic rings. The van der Waals surface area contributed by atoms with E-state index in [1.54, 1.807) is 6.92 Å². The number of rotatable bonds is 4. The summed E-state index contributed by atoms with van der Waals surface area (Å²) in [7, 11) is 0. The van der Waals surface area contributed by atoms with Crippen molar-refractivity contribution in [2.45, 2.75) is 38.3 Å². The van der Waals surface area contributed by atoms with Crippen molar-refractivity contribution < 1.29 is 18.0 Å². The van der Waals surface area contributed by atoms with E-state index in [1.807, 2.05) is 0 Å². The first kappa shape index (κ1) is 18.1. The Labute approximate surface area is 156 Å². The van der Waals surface area contributed by atoms with Gasteiger partial charge in [0.15, 0.2) is 11.5 Å². The maximum absolute atomic E-state index is 12.5. The Balaban J connectivity index is 1.73. The lowest BCUT2D eigenvalue weighted by atomic mass is 10.1. The van der Waals surface area contributed by atoms with Crippen LogP contribution >= 0.6 is 0 Å². The lowest BCUT2D eigenvalue weighted by Crippen LogP contribution is -2.09. The summed E-state index contributed by atoms with van der Waals surface area (Å²) in [6.07, 6.45) is -2.45. The van der Waals surface area contributed by atoms with Crippen LogP contribution in [0.4, 0.5) is 24.8 Å². The van der Waals surface area contributed by atoms with Gasteiger partial charge in [-0.15, -0.1) is 0 Å². The zero-order chi connectivity index (χ0) is 20.1. The van der Waals surface area contributed by atoms with Crippen molar-refractivity contribution >= 4 is 23.2 Å². The number of nitrogens with one attached hydrogen (secondary N) is 1. The van der Waals surface area contributed by atoms with Crippen LogP contribution < -0.4 is 11.1 Å². The number of alkyl halides is 3. The number of amides is 1. The van der Waals surface area contributed by atoms with E-state index in [1.165, 1.54) is 17.0 Å². The number of nitrogens with zero attached hydrogens (tertiary/aromatic N) is 6. The van der Waals surface area contributed by atoms with Crippen molar-refractivity contribution in [2.75, 3.05) is 11.1 Å². The molecule has 3 aromatic heterocycles. The lowest BCUT2D eigenvalue weighted by Gasteiger charge is -2.10. The molecule has 0 bridgehead atoms. The summed E-state index contributed by atoms with van der Waals surface area (Å²) in [5.74, 6) is -0.113. The average molecular weight is 392 g/mol. The third-order valence-electron chi connectivity index (χ3n) is 4.48. The molecule has 3 N–H and O–H groups in total. The van der Waals surface area contributed by atoms with Crippen LogP contribution in [0.25, 0.3) is 17.2 Å². The van der Waals surface area contributed by atoms with Crippen molar-refractivity contribution in [2.24, 2.45) is 0 Å². The largest absolute Gasteiger partial charge is 0.389 e. The number of fused-ring (bicyclic) bond motifs is 2. The molecule has 4 heterocycles.